The van der Waals surface area contributed by atoms with E-state index in [1.807, 2.05) is 38.4 Å². The summed E-state index contributed by atoms with van der Waals surface area (Å²) in [6.07, 6.45) is 5.44. The van der Waals surface area contributed by atoms with Crippen LogP contribution in [0, 0.1) is 5.92 Å². The van der Waals surface area contributed by atoms with Gasteiger partial charge in [-0.3, -0.25) is 19.5 Å². The number of aromatic nitrogens is 1. The van der Waals surface area contributed by atoms with Gasteiger partial charge in [-0.1, -0.05) is 13.8 Å². The van der Waals surface area contributed by atoms with Crippen LogP contribution in [-0.4, -0.2) is 60.6 Å². The zero-order valence-corrected chi connectivity index (χ0v) is 15.9. The summed E-state index contributed by atoms with van der Waals surface area (Å²) in [4.78, 5) is 30.8. The van der Waals surface area contributed by atoms with E-state index in [2.05, 4.69) is 20.5 Å². The minimum absolute atomic E-state index is 0.0163. The van der Waals surface area contributed by atoms with E-state index < -0.39 is 6.04 Å². The third-order valence-electron chi connectivity index (χ3n) is 4.63. The lowest BCUT2D eigenvalue weighted by atomic mass is 10.0. The summed E-state index contributed by atoms with van der Waals surface area (Å²) in [5.74, 6) is -0.367. The molecule has 7 heteroatoms. The van der Waals surface area contributed by atoms with Crippen LogP contribution in [-0.2, 0) is 20.9 Å². The number of carbonyl (C=O) groups excluding carboxylic acids is 2. The third-order valence-corrected chi connectivity index (χ3v) is 4.63. The Hall–Kier alpha value is -1.99. The van der Waals surface area contributed by atoms with Crippen molar-refractivity contribution in [2.45, 2.75) is 45.3 Å². The van der Waals surface area contributed by atoms with Gasteiger partial charge in [0.2, 0.25) is 11.8 Å². The molecule has 2 rings (SSSR count). The number of hydrogen-bond donors (Lipinski definition) is 2. The Balaban J connectivity index is 1.79. The smallest absolute Gasteiger partial charge is 0.246 e. The van der Waals surface area contributed by atoms with Gasteiger partial charge in [0.1, 0.15) is 12.6 Å². The lowest BCUT2D eigenvalue weighted by Crippen LogP contribution is -2.54. The summed E-state index contributed by atoms with van der Waals surface area (Å²) in [7, 11) is 1.46. The highest BCUT2D eigenvalue weighted by molar-refractivity contribution is 5.88. The van der Waals surface area contributed by atoms with Crippen molar-refractivity contribution in [2.75, 3.05) is 26.8 Å². The molecule has 0 bridgehead atoms. The van der Waals surface area contributed by atoms with Crippen molar-refractivity contribution >= 4 is 11.8 Å². The fraction of sp³-hybridized carbons (Fsp3) is 0.632. The van der Waals surface area contributed by atoms with Gasteiger partial charge in [0.15, 0.2) is 0 Å². The average Bonchev–Trinajstić information content (AvgIpc) is 2.62. The predicted octanol–water partition coefficient (Wildman–Crippen LogP) is 0.949. The molecule has 1 saturated heterocycles. The standard InChI is InChI=1S/C19H30N4O3/c1-14(2)18(22-17(24)13-26-3)19(25)21-16-6-10-23(11-7-16)12-15-4-8-20-9-5-15/h4-5,8-9,14,16,18H,6-7,10-13H2,1-3H3,(H,21,25)(H,22,24)/t18-/m0/s1. The van der Waals surface area contributed by atoms with E-state index in [4.69, 9.17) is 4.74 Å². The molecular weight excluding hydrogens is 332 g/mol. The lowest BCUT2D eigenvalue weighted by molar-refractivity contribution is -0.132. The molecule has 1 aromatic heterocycles. The van der Waals surface area contributed by atoms with Gasteiger partial charge >= 0.3 is 0 Å². The van der Waals surface area contributed by atoms with Crippen molar-refractivity contribution < 1.29 is 14.3 Å². The van der Waals surface area contributed by atoms with Crippen LogP contribution >= 0.6 is 0 Å². The van der Waals surface area contributed by atoms with Gasteiger partial charge in [-0.05, 0) is 36.5 Å². The maximum Gasteiger partial charge on any atom is 0.246 e. The molecule has 1 aromatic rings. The Morgan fingerprint density at radius 3 is 2.50 bits per heavy atom. The summed E-state index contributed by atoms with van der Waals surface area (Å²) in [5.41, 5.74) is 1.25. The first-order valence-electron chi connectivity index (χ1n) is 9.19. The molecule has 0 aliphatic carbocycles. The van der Waals surface area contributed by atoms with Gasteiger partial charge in [-0.25, -0.2) is 0 Å². The highest BCUT2D eigenvalue weighted by Gasteiger charge is 2.27. The van der Waals surface area contributed by atoms with E-state index in [1.165, 1.54) is 12.7 Å². The summed E-state index contributed by atoms with van der Waals surface area (Å²) >= 11 is 0. The second-order valence-electron chi connectivity index (χ2n) is 7.14. The van der Waals surface area contributed by atoms with Crippen LogP contribution in [0.25, 0.3) is 0 Å². The Morgan fingerprint density at radius 2 is 1.92 bits per heavy atom. The third kappa shape index (κ3) is 6.38. The Morgan fingerprint density at radius 1 is 1.27 bits per heavy atom. The first-order chi connectivity index (χ1) is 12.5. The van der Waals surface area contributed by atoms with Crippen LogP contribution in [0.2, 0.25) is 0 Å². The Labute approximate surface area is 155 Å². The van der Waals surface area contributed by atoms with Crippen molar-refractivity contribution in [3.63, 3.8) is 0 Å². The van der Waals surface area contributed by atoms with Crippen molar-refractivity contribution in [1.82, 2.24) is 20.5 Å². The van der Waals surface area contributed by atoms with Gasteiger partial charge in [0.25, 0.3) is 0 Å². The zero-order valence-electron chi connectivity index (χ0n) is 15.9. The fourth-order valence-electron chi connectivity index (χ4n) is 3.15. The van der Waals surface area contributed by atoms with Crippen LogP contribution in [0.5, 0.6) is 0 Å². The molecule has 26 heavy (non-hydrogen) atoms. The molecule has 0 radical (unpaired) electrons. The molecule has 1 fully saturated rings. The number of nitrogens with zero attached hydrogens (tertiary/aromatic N) is 2. The topological polar surface area (TPSA) is 83.6 Å². The van der Waals surface area contributed by atoms with Crippen molar-refractivity contribution in [3.8, 4) is 0 Å². The number of hydrogen-bond acceptors (Lipinski definition) is 5. The SMILES string of the molecule is COCC(=O)N[C@H](C(=O)NC1CCN(Cc2ccncc2)CC1)C(C)C. The summed E-state index contributed by atoms with van der Waals surface area (Å²) in [5, 5.41) is 5.86. The lowest BCUT2D eigenvalue weighted by Gasteiger charge is -2.33. The van der Waals surface area contributed by atoms with Gasteiger partial charge in [-0.15, -0.1) is 0 Å². The molecular formula is C19H30N4O3. The van der Waals surface area contributed by atoms with E-state index in [-0.39, 0.29) is 30.4 Å². The van der Waals surface area contributed by atoms with Crippen LogP contribution < -0.4 is 10.6 Å². The van der Waals surface area contributed by atoms with E-state index in [9.17, 15) is 9.59 Å². The minimum Gasteiger partial charge on any atom is -0.375 e. The Bertz CT molecular complexity index is 571. The maximum absolute atomic E-state index is 12.6. The molecule has 0 aromatic carbocycles. The van der Waals surface area contributed by atoms with E-state index >= 15 is 0 Å². The average molecular weight is 362 g/mol. The molecule has 2 amide bonds. The van der Waals surface area contributed by atoms with Crippen LogP contribution in [0.3, 0.4) is 0 Å². The molecule has 1 atom stereocenters. The molecule has 0 spiro atoms. The van der Waals surface area contributed by atoms with Crippen LogP contribution in [0.4, 0.5) is 0 Å². The van der Waals surface area contributed by atoms with E-state index in [0.717, 1.165) is 32.5 Å². The van der Waals surface area contributed by atoms with E-state index in [1.54, 1.807) is 0 Å². The second kappa shape index (κ2) is 10.2. The summed E-state index contributed by atoms with van der Waals surface area (Å²) < 4.78 is 4.82. The van der Waals surface area contributed by atoms with Gasteiger partial charge in [0, 0.05) is 45.2 Å². The summed E-state index contributed by atoms with van der Waals surface area (Å²) in [6, 6.07) is 3.68. The molecule has 2 heterocycles. The maximum atomic E-state index is 12.6. The summed E-state index contributed by atoms with van der Waals surface area (Å²) in [6.45, 7) is 6.60. The fourth-order valence-corrected chi connectivity index (χ4v) is 3.15. The van der Waals surface area contributed by atoms with Crippen molar-refractivity contribution in [3.05, 3.63) is 30.1 Å². The number of methoxy groups -OCH3 is 1. The number of nitrogens with one attached hydrogen (secondary N) is 2. The molecule has 1 aliphatic heterocycles. The second-order valence-corrected chi connectivity index (χ2v) is 7.14. The monoisotopic (exact) mass is 362 g/mol. The number of pyridine rings is 1. The number of rotatable bonds is 8. The predicted molar refractivity (Wildman–Crippen MR) is 99.3 cm³/mol. The molecule has 144 valence electrons. The highest BCUT2D eigenvalue weighted by Crippen LogP contribution is 2.14. The van der Waals surface area contributed by atoms with Gasteiger partial charge < -0.3 is 15.4 Å². The quantitative estimate of drug-likeness (QED) is 0.719. The number of carbonyl (C=O) groups is 2. The number of ether oxygens (including phenoxy) is 1. The number of amides is 2. The van der Waals surface area contributed by atoms with E-state index in [0.29, 0.717) is 0 Å². The first kappa shape index (κ1) is 20.3. The van der Waals surface area contributed by atoms with Crippen molar-refractivity contribution in [1.29, 1.82) is 0 Å². The molecule has 0 unspecified atom stereocenters. The molecule has 1 aliphatic rings. The van der Waals surface area contributed by atoms with Crippen LogP contribution in [0.15, 0.2) is 24.5 Å². The first-order valence-corrected chi connectivity index (χ1v) is 9.19. The van der Waals surface area contributed by atoms with Gasteiger partial charge in [-0.2, -0.15) is 0 Å². The normalized spacial score (nSPS) is 17.1. The molecule has 2 N–H and O–H groups in total. The minimum atomic E-state index is -0.535. The van der Waals surface area contributed by atoms with Gasteiger partial charge in [0.05, 0.1) is 0 Å². The number of likely N-dealkylation sites (tertiary alicyclic amines) is 1. The van der Waals surface area contributed by atoms with Crippen LogP contribution in [0.1, 0.15) is 32.3 Å². The Kier molecular flexibility index (Phi) is 8.00. The number of piperidine rings is 1. The zero-order chi connectivity index (χ0) is 18.9. The molecule has 7 nitrogen and oxygen atoms in total. The largest absolute Gasteiger partial charge is 0.375 e. The molecule has 0 saturated carbocycles. The highest BCUT2D eigenvalue weighted by atomic mass is 16.5. The van der Waals surface area contributed by atoms with Crippen molar-refractivity contribution in [2.24, 2.45) is 5.92 Å².